The number of hydrogen-bond acceptors (Lipinski definition) is 1. The van der Waals surface area contributed by atoms with Crippen LogP contribution >= 0.6 is 0 Å². The summed E-state index contributed by atoms with van der Waals surface area (Å²) in [5.74, 6) is 0. The lowest BCUT2D eigenvalue weighted by Gasteiger charge is -2.30. The Labute approximate surface area is 434 Å². The van der Waals surface area contributed by atoms with Crippen LogP contribution in [-0.4, -0.2) is 4.57 Å². The maximum atomic E-state index is 2.53. The van der Waals surface area contributed by atoms with Gasteiger partial charge in [0, 0.05) is 32.9 Å². The predicted molar refractivity (Wildman–Crippen MR) is 318 cm³/mol. The molecular weight excluding hydrogens is 893 g/mol. The summed E-state index contributed by atoms with van der Waals surface area (Å²) < 4.78 is 2.53. The van der Waals surface area contributed by atoms with Crippen molar-refractivity contribution in [3.8, 4) is 50.2 Å². The Bertz CT molecular complexity index is 3920. The van der Waals surface area contributed by atoms with Gasteiger partial charge in [-0.05, 0) is 161 Å². The molecule has 2 nitrogen and oxygen atoms in total. The molecule has 0 spiro atoms. The van der Waals surface area contributed by atoms with E-state index >= 15 is 0 Å². The third kappa shape index (κ3) is 7.81. The Balaban J connectivity index is 1.10. The van der Waals surface area contributed by atoms with Crippen molar-refractivity contribution in [1.29, 1.82) is 0 Å². The molecule has 2 heteroatoms. The minimum absolute atomic E-state index is 0.0147. The number of benzene rings is 12. The Morgan fingerprint density at radius 3 is 1.07 bits per heavy atom. The van der Waals surface area contributed by atoms with Crippen LogP contribution in [0.2, 0.25) is 0 Å². The second-order valence-electron chi connectivity index (χ2n) is 22.2. The van der Waals surface area contributed by atoms with E-state index in [0.29, 0.717) is 0 Å². The largest absolute Gasteiger partial charge is 0.310 e. The Hall–Kier alpha value is -8.72. The summed E-state index contributed by atoms with van der Waals surface area (Å²) in [4.78, 5) is 2.52. The Kier molecular flexibility index (Phi) is 10.7. The quantitative estimate of drug-likeness (QED) is 0.138. The Morgan fingerprint density at radius 2 is 0.662 bits per heavy atom. The third-order valence-electron chi connectivity index (χ3n) is 15.4. The highest BCUT2D eigenvalue weighted by Crippen LogP contribution is 2.49. The molecule has 13 rings (SSSR count). The van der Waals surface area contributed by atoms with E-state index in [0.717, 1.165) is 39.3 Å². The van der Waals surface area contributed by atoms with E-state index < -0.39 is 0 Å². The summed E-state index contributed by atoms with van der Waals surface area (Å²) in [6, 6.07) is 90.6. The molecule has 0 aliphatic carbocycles. The second kappa shape index (κ2) is 17.5. The SMILES string of the molecule is CC(C)(C)c1ccc2c(c1)c1cc(C(C)(C)C)ccc1n2-c1ccc2ccc3c(N(c4cc(-c5ccccc5)cc(-c5ccccc5)c4)c4cc(-c5ccccc5)cc(-c5ccccc5)c4)ccc4ccc1c2c43. The first-order chi connectivity index (χ1) is 35.9. The van der Waals surface area contributed by atoms with Gasteiger partial charge in [-0.1, -0.05) is 211 Å². The molecule has 0 unspecified atom stereocenters. The summed E-state index contributed by atoms with van der Waals surface area (Å²) in [6.07, 6.45) is 0. The van der Waals surface area contributed by atoms with E-state index in [2.05, 4.69) is 294 Å². The molecule has 74 heavy (non-hydrogen) atoms. The fraction of sp³-hybridized carbons (Fsp3) is 0.111. The van der Waals surface area contributed by atoms with Crippen molar-refractivity contribution >= 4 is 71.2 Å². The number of rotatable bonds is 8. The zero-order valence-corrected chi connectivity index (χ0v) is 43.0. The topological polar surface area (TPSA) is 8.17 Å². The monoisotopic (exact) mass is 950 g/mol. The van der Waals surface area contributed by atoms with Gasteiger partial charge < -0.3 is 9.47 Å². The number of aromatic nitrogens is 1. The van der Waals surface area contributed by atoms with Crippen LogP contribution in [0.25, 0.3) is 104 Å². The molecule has 1 heterocycles. The zero-order chi connectivity index (χ0) is 50.3. The maximum Gasteiger partial charge on any atom is 0.0541 e. The van der Waals surface area contributed by atoms with Gasteiger partial charge in [-0.25, -0.2) is 0 Å². The van der Waals surface area contributed by atoms with Crippen LogP contribution in [0, 0.1) is 0 Å². The van der Waals surface area contributed by atoms with Crippen molar-refractivity contribution in [3.63, 3.8) is 0 Å². The van der Waals surface area contributed by atoms with Crippen LogP contribution < -0.4 is 4.90 Å². The highest BCUT2D eigenvalue weighted by molar-refractivity contribution is 6.27. The lowest BCUT2D eigenvalue weighted by Crippen LogP contribution is -2.12. The van der Waals surface area contributed by atoms with Crippen LogP contribution in [0.1, 0.15) is 52.7 Å². The molecule has 0 aliphatic rings. The molecule has 0 aliphatic heterocycles. The van der Waals surface area contributed by atoms with Crippen LogP contribution in [-0.2, 0) is 10.8 Å². The van der Waals surface area contributed by atoms with E-state index in [9.17, 15) is 0 Å². The van der Waals surface area contributed by atoms with Gasteiger partial charge in [0.1, 0.15) is 0 Å². The first kappa shape index (κ1) is 45.2. The summed E-state index contributed by atoms with van der Waals surface area (Å²) in [6.45, 7) is 13.9. The number of nitrogens with zero attached hydrogens (tertiary/aromatic N) is 2. The van der Waals surface area contributed by atoms with E-state index in [4.69, 9.17) is 0 Å². The maximum absolute atomic E-state index is 2.53. The van der Waals surface area contributed by atoms with Gasteiger partial charge in [0.25, 0.3) is 0 Å². The van der Waals surface area contributed by atoms with Crippen LogP contribution in [0.4, 0.5) is 17.1 Å². The standard InChI is InChI=1S/C72H58N2/c1-71(2,3)57-31-37-67-63(45-57)64-46-58(72(4,5)6)32-38-68(64)74(67)66-36-30-52-27-33-61-65(35-29-51-28-34-62(66)70(52)69(51)61)73(59-41-53(47-19-11-7-12-20-47)39-54(42-59)48-21-13-8-14-22-48)60-43-55(49-23-15-9-16-24-49)40-56(44-60)50-25-17-10-18-26-50/h7-46H,1-6H3. The number of anilines is 3. The first-order valence-corrected chi connectivity index (χ1v) is 26.1. The average Bonchev–Trinajstić information content (AvgIpc) is 3.76. The van der Waals surface area contributed by atoms with Gasteiger partial charge in [-0.15, -0.1) is 0 Å². The van der Waals surface area contributed by atoms with Gasteiger partial charge in [-0.3, -0.25) is 0 Å². The summed E-state index contributed by atoms with van der Waals surface area (Å²) in [5.41, 5.74) is 19.0. The molecule has 0 amide bonds. The highest BCUT2D eigenvalue weighted by Gasteiger charge is 2.25. The smallest absolute Gasteiger partial charge is 0.0541 e. The van der Waals surface area contributed by atoms with E-state index in [1.807, 2.05) is 0 Å². The van der Waals surface area contributed by atoms with Gasteiger partial charge in [-0.2, -0.15) is 0 Å². The lowest BCUT2D eigenvalue weighted by atomic mass is 9.85. The van der Waals surface area contributed by atoms with Crippen molar-refractivity contribution in [3.05, 3.63) is 254 Å². The van der Waals surface area contributed by atoms with Crippen LogP contribution in [0.3, 0.4) is 0 Å². The minimum Gasteiger partial charge on any atom is -0.310 e. The van der Waals surface area contributed by atoms with Crippen molar-refractivity contribution in [2.75, 3.05) is 4.90 Å². The first-order valence-electron chi connectivity index (χ1n) is 26.1. The lowest BCUT2D eigenvalue weighted by molar-refractivity contribution is 0.590. The molecule has 0 radical (unpaired) electrons. The average molecular weight is 951 g/mol. The molecule has 0 fully saturated rings. The molecule has 0 atom stereocenters. The molecule has 0 bridgehead atoms. The molecule has 13 aromatic rings. The summed E-state index contributed by atoms with van der Waals surface area (Å²) in [7, 11) is 0. The molecule has 12 aromatic carbocycles. The second-order valence-corrected chi connectivity index (χ2v) is 22.2. The van der Waals surface area contributed by atoms with Gasteiger partial charge in [0.15, 0.2) is 0 Å². The molecular formula is C72H58N2. The minimum atomic E-state index is 0.0147. The zero-order valence-electron chi connectivity index (χ0n) is 43.0. The van der Waals surface area contributed by atoms with E-state index in [1.54, 1.807) is 0 Å². The molecule has 0 saturated heterocycles. The fourth-order valence-electron chi connectivity index (χ4n) is 11.5. The van der Waals surface area contributed by atoms with Crippen LogP contribution in [0.15, 0.2) is 243 Å². The fourth-order valence-corrected chi connectivity index (χ4v) is 11.5. The molecule has 356 valence electrons. The van der Waals surface area contributed by atoms with Crippen LogP contribution in [0.5, 0.6) is 0 Å². The van der Waals surface area contributed by atoms with E-state index in [1.165, 1.54) is 93.2 Å². The molecule has 0 N–H and O–H groups in total. The van der Waals surface area contributed by atoms with Crippen molar-refractivity contribution in [2.45, 2.75) is 52.4 Å². The Morgan fingerprint density at radius 1 is 0.297 bits per heavy atom. The van der Waals surface area contributed by atoms with Crippen molar-refractivity contribution in [1.82, 2.24) is 4.57 Å². The van der Waals surface area contributed by atoms with E-state index in [-0.39, 0.29) is 10.8 Å². The molecule has 1 aromatic heterocycles. The summed E-state index contributed by atoms with van der Waals surface area (Å²) >= 11 is 0. The number of hydrogen-bond donors (Lipinski definition) is 0. The van der Waals surface area contributed by atoms with Gasteiger partial charge in [0.2, 0.25) is 0 Å². The summed E-state index contributed by atoms with van der Waals surface area (Å²) in [5, 5.41) is 10.0. The normalized spacial score (nSPS) is 12.2. The third-order valence-corrected chi connectivity index (χ3v) is 15.4. The van der Waals surface area contributed by atoms with Crippen molar-refractivity contribution in [2.24, 2.45) is 0 Å². The van der Waals surface area contributed by atoms with Gasteiger partial charge in [0.05, 0.1) is 22.4 Å². The predicted octanol–water partition coefficient (Wildman–Crippen LogP) is 20.4. The van der Waals surface area contributed by atoms with Crippen molar-refractivity contribution < 1.29 is 0 Å². The van der Waals surface area contributed by atoms with Gasteiger partial charge >= 0.3 is 0 Å². The molecule has 0 saturated carbocycles. The highest BCUT2D eigenvalue weighted by atomic mass is 15.1. The number of fused-ring (bicyclic) bond motifs is 3.